The minimum absolute atomic E-state index is 0.183. The third kappa shape index (κ3) is 3.18. The predicted octanol–water partition coefficient (Wildman–Crippen LogP) is 4.45. The fourth-order valence-corrected chi connectivity index (χ4v) is 4.39. The van der Waals surface area contributed by atoms with Gasteiger partial charge in [0.1, 0.15) is 0 Å². The van der Waals surface area contributed by atoms with Crippen molar-refractivity contribution in [2.24, 2.45) is 7.05 Å². The van der Waals surface area contributed by atoms with Crippen LogP contribution in [-0.4, -0.2) is 21.9 Å². The van der Waals surface area contributed by atoms with Gasteiger partial charge in [0.15, 0.2) is 0 Å². The molecule has 21 heavy (non-hydrogen) atoms. The number of likely N-dealkylation sites (tertiary alicyclic amines) is 1. The highest BCUT2D eigenvalue weighted by molar-refractivity contribution is 14.1. The summed E-state index contributed by atoms with van der Waals surface area (Å²) in [4.78, 5) is 15.0. The lowest BCUT2D eigenvalue weighted by molar-refractivity contribution is 0.0675. The van der Waals surface area contributed by atoms with Crippen LogP contribution in [0.5, 0.6) is 0 Å². The smallest absolute Gasteiger partial charge is 0.255 e. The van der Waals surface area contributed by atoms with Gasteiger partial charge >= 0.3 is 0 Å². The summed E-state index contributed by atoms with van der Waals surface area (Å²) in [5, 5.41) is 1.98. The molecular formula is C16H19IN2OS. The Balaban J connectivity index is 1.92. The van der Waals surface area contributed by atoms with Gasteiger partial charge in [-0.1, -0.05) is 12.8 Å². The number of nitrogens with zero attached hydrogens (tertiary/aromatic N) is 2. The molecule has 112 valence electrons. The van der Waals surface area contributed by atoms with Crippen LogP contribution < -0.4 is 0 Å². The molecule has 0 bridgehead atoms. The van der Waals surface area contributed by atoms with Crippen LogP contribution in [0.3, 0.4) is 0 Å². The SMILES string of the molecule is Cn1cccc1C1CCCCCN1C(=O)c1csc(I)c1. The Morgan fingerprint density at radius 3 is 2.90 bits per heavy atom. The van der Waals surface area contributed by atoms with Crippen LogP contribution in [0.15, 0.2) is 29.8 Å². The molecule has 0 aromatic carbocycles. The molecule has 0 aliphatic carbocycles. The van der Waals surface area contributed by atoms with Crippen molar-refractivity contribution in [1.29, 1.82) is 0 Å². The molecule has 3 heterocycles. The third-order valence-corrected chi connectivity index (χ3v) is 5.94. The maximum absolute atomic E-state index is 12.9. The Kier molecular flexibility index (Phi) is 4.69. The second kappa shape index (κ2) is 6.52. The fourth-order valence-electron chi connectivity index (χ4n) is 3.07. The van der Waals surface area contributed by atoms with E-state index in [0.717, 1.165) is 24.9 Å². The average molecular weight is 414 g/mol. The van der Waals surface area contributed by atoms with E-state index in [-0.39, 0.29) is 11.9 Å². The lowest BCUT2D eigenvalue weighted by atomic mass is 10.1. The zero-order valence-corrected chi connectivity index (χ0v) is 15.1. The molecule has 0 saturated carbocycles. The molecule has 0 spiro atoms. The molecular weight excluding hydrogens is 395 g/mol. The molecule has 1 fully saturated rings. The van der Waals surface area contributed by atoms with Crippen LogP contribution in [-0.2, 0) is 7.05 Å². The van der Waals surface area contributed by atoms with Crippen molar-refractivity contribution in [3.05, 3.63) is 43.9 Å². The van der Waals surface area contributed by atoms with Gasteiger partial charge in [-0.25, -0.2) is 0 Å². The van der Waals surface area contributed by atoms with Gasteiger partial charge in [-0.15, -0.1) is 11.3 Å². The van der Waals surface area contributed by atoms with E-state index in [1.165, 1.54) is 21.4 Å². The number of halogens is 1. The zero-order chi connectivity index (χ0) is 14.8. The second-order valence-electron chi connectivity index (χ2n) is 5.55. The van der Waals surface area contributed by atoms with E-state index in [1.807, 2.05) is 11.4 Å². The fraction of sp³-hybridized carbons (Fsp3) is 0.438. The molecule has 0 radical (unpaired) electrons. The van der Waals surface area contributed by atoms with Crippen molar-refractivity contribution >= 4 is 39.8 Å². The molecule has 2 aromatic rings. The molecule has 5 heteroatoms. The number of hydrogen-bond acceptors (Lipinski definition) is 2. The van der Waals surface area contributed by atoms with Crippen molar-refractivity contribution in [1.82, 2.24) is 9.47 Å². The molecule has 1 saturated heterocycles. The van der Waals surface area contributed by atoms with E-state index in [4.69, 9.17) is 0 Å². The number of aromatic nitrogens is 1. The topological polar surface area (TPSA) is 25.2 Å². The molecule has 1 aliphatic rings. The molecule has 0 N–H and O–H groups in total. The summed E-state index contributed by atoms with van der Waals surface area (Å²) < 4.78 is 3.31. The van der Waals surface area contributed by atoms with Crippen LogP contribution >= 0.6 is 33.9 Å². The lowest BCUT2D eigenvalue weighted by Crippen LogP contribution is -2.35. The van der Waals surface area contributed by atoms with Crippen LogP contribution in [0.2, 0.25) is 0 Å². The van der Waals surface area contributed by atoms with Gasteiger partial charge in [0.2, 0.25) is 0 Å². The highest BCUT2D eigenvalue weighted by Crippen LogP contribution is 2.32. The first kappa shape index (κ1) is 15.1. The summed E-state index contributed by atoms with van der Waals surface area (Å²) in [6.45, 7) is 0.862. The summed E-state index contributed by atoms with van der Waals surface area (Å²) in [5.74, 6) is 0.183. The van der Waals surface area contributed by atoms with E-state index in [9.17, 15) is 4.79 Å². The predicted molar refractivity (Wildman–Crippen MR) is 94.7 cm³/mol. The molecule has 1 unspecified atom stereocenters. The second-order valence-corrected chi connectivity index (χ2v) is 8.35. The summed E-state index contributed by atoms with van der Waals surface area (Å²) in [6, 6.07) is 6.42. The van der Waals surface area contributed by atoms with Gasteiger partial charge in [0.05, 0.1) is 14.5 Å². The minimum Gasteiger partial charge on any atom is -0.353 e. The van der Waals surface area contributed by atoms with Gasteiger partial charge in [0, 0.05) is 30.9 Å². The Morgan fingerprint density at radius 2 is 2.24 bits per heavy atom. The zero-order valence-electron chi connectivity index (χ0n) is 12.1. The van der Waals surface area contributed by atoms with Gasteiger partial charge in [-0.3, -0.25) is 4.79 Å². The summed E-state index contributed by atoms with van der Waals surface area (Å²) in [6.07, 6.45) is 6.64. The maximum Gasteiger partial charge on any atom is 0.255 e. The number of amides is 1. The Morgan fingerprint density at radius 1 is 1.38 bits per heavy atom. The largest absolute Gasteiger partial charge is 0.353 e. The molecule has 3 nitrogen and oxygen atoms in total. The van der Waals surface area contributed by atoms with Gasteiger partial charge in [-0.05, 0) is 53.6 Å². The molecule has 3 rings (SSSR count). The van der Waals surface area contributed by atoms with Crippen LogP contribution in [0.1, 0.15) is 47.8 Å². The number of thiophene rings is 1. The van der Waals surface area contributed by atoms with Crippen molar-refractivity contribution in [2.45, 2.75) is 31.7 Å². The van der Waals surface area contributed by atoms with Crippen molar-refractivity contribution in [2.75, 3.05) is 6.54 Å². The first-order valence-corrected chi connectivity index (χ1v) is 9.29. The van der Waals surface area contributed by atoms with Crippen molar-refractivity contribution in [3.8, 4) is 0 Å². The number of carbonyl (C=O) groups is 1. The van der Waals surface area contributed by atoms with Gasteiger partial charge < -0.3 is 9.47 Å². The normalized spacial score (nSPS) is 19.5. The van der Waals surface area contributed by atoms with Crippen LogP contribution in [0, 0.1) is 2.88 Å². The molecule has 1 atom stereocenters. The lowest BCUT2D eigenvalue weighted by Gasteiger charge is -2.30. The van der Waals surface area contributed by atoms with Crippen molar-refractivity contribution < 1.29 is 4.79 Å². The third-order valence-electron chi connectivity index (χ3n) is 4.15. The maximum atomic E-state index is 12.9. The first-order chi connectivity index (χ1) is 10.2. The Hall–Kier alpha value is -0.820. The van der Waals surface area contributed by atoms with E-state index < -0.39 is 0 Å². The van der Waals surface area contributed by atoms with Crippen LogP contribution in [0.25, 0.3) is 0 Å². The number of rotatable bonds is 2. The number of hydrogen-bond donors (Lipinski definition) is 0. The van der Waals surface area contributed by atoms with E-state index in [2.05, 4.69) is 57.4 Å². The number of aryl methyl sites for hydroxylation is 1. The first-order valence-electron chi connectivity index (χ1n) is 7.33. The number of carbonyl (C=O) groups excluding carboxylic acids is 1. The highest BCUT2D eigenvalue weighted by atomic mass is 127. The monoisotopic (exact) mass is 414 g/mol. The summed E-state index contributed by atoms with van der Waals surface area (Å²) in [7, 11) is 2.07. The highest BCUT2D eigenvalue weighted by Gasteiger charge is 2.29. The average Bonchev–Trinajstić information content (AvgIpc) is 3.00. The van der Waals surface area contributed by atoms with Gasteiger partial charge in [0.25, 0.3) is 5.91 Å². The quantitative estimate of drug-likeness (QED) is 0.667. The Labute approximate surface area is 143 Å². The van der Waals surface area contributed by atoms with E-state index in [0.29, 0.717) is 0 Å². The standard InChI is InChI=1S/C16H19IN2OS/c1-18-8-5-7-13(18)14-6-3-2-4-9-19(14)16(20)12-10-15(17)21-11-12/h5,7-8,10-11,14H,2-4,6,9H2,1H3. The van der Waals surface area contributed by atoms with Gasteiger partial charge in [-0.2, -0.15) is 0 Å². The Bertz CT molecular complexity index is 634. The summed E-state index contributed by atoms with van der Waals surface area (Å²) in [5.41, 5.74) is 2.08. The summed E-state index contributed by atoms with van der Waals surface area (Å²) >= 11 is 3.92. The molecule has 2 aromatic heterocycles. The van der Waals surface area contributed by atoms with E-state index >= 15 is 0 Å². The molecule has 1 aliphatic heterocycles. The van der Waals surface area contributed by atoms with E-state index in [1.54, 1.807) is 11.3 Å². The minimum atomic E-state index is 0.183. The van der Waals surface area contributed by atoms with Crippen LogP contribution in [0.4, 0.5) is 0 Å². The molecule has 1 amide bonds. The van der Waals surface area contributed by atoms with Crippen molar-refractivity contribution in [3.63, 3.8) is 0 Å².